The summed E-state index contributed by atoms with van der Waals surface area (Å²) >= 11 is 0. The molecule has 0 aromatic heterocycles. The number of halogens is 1. The van der Waals surface area contributed by atoms with Crippen molar-refractivity contribution in [1.82, 2.24) is 4.90 Å². The number of benzene rings is 3. The summed E-state index contributed by atoms with van der Waals surface area (Å²) in [5.74, 6) is 0. The van der Waals surface area contributed by atoms with E-state index in [9.17, 15) is 0 Å². The molecule has 0 saturated heterocycles. The van der Waals surface area contributed by atoms with E-state index in [0.717, 1.165) is 37.2 Å². The van der Waals surface area contributed by atoms with Gasteiger partial charge >= 0.3 is 0 Å². The van der Waals surface area contributed by atoms with Gasteiger partial charge < -0.3 is 21.5 Å². The van der Waals surface area contributed by atoms with Crippen LogP contribution in [-0.2, 0) is 19.6 Å². The van der Waals surface area contributed by atoms with Gasteiger partial charge in [-0.2, -0.15) is 0 Å². The Kier molecular flexibility index (Phi) is 10.1. The topological polar surface area (TPSA) is 3.24 Å². The highest BCUT2D eigenvalue weighted by Gasteiger charge is 2.19. The van der Waals surface area contributed by atoms with Crippen LogP contribution in [0.1, 0.15) is 50.1 Å². The van der Waals surface area contributed by atoms with E-state index in [1.165, 1.54) is 50.1 Å². The third kappa shape index (κ3) is 9.02. The van der Waals surface area contributed by atoms with Crippen LogP contribution < -0.4 is 17.0 Å². The second-order valence-electron chi connectivity index (χ2n) is 11.0. The number of hydrogen-bond acceptors (Lipinski definition) is 1. The number of hydrogen-bond donors (Lipinski definition) is 0. The van der Waals surface area contributed by atoms with Crippen LogP contribution >= 0.6 is 0 Å². The van der Waals surface area contributed by atoms with Crippen LogP contribution in [0.25, 0.3) is 0 Å². The van der Waals surface area contributed by atoms with Crippen molar-refractivity contribution >= 4 is 0 Å². The van der Waals surface area contributed by atoms with Crippen molar-refractivity contribution in [3.63, 3.8) is 0 Å². The molecule has 0 aliphatic carbocycles. The van der Waals surface area contributed by atoms with Crippen LogP contribution in [0.5, 0.6) is 0 Å². The Morgan fingerprint density at radius 1 is 0.529 bits per heavy atom. The largest absolute Gasteiger partial charge is 1.00 e. The second-order valence-corrected chi connectivity index (χ2v) is 11.0. The number of rotatable bonds is 9. The van der Waals surface area contributed by atoms with Gasteiger partial charge in [-0.15, -0.1) is 0 Å². The molecule has 0 aliphatic rings. The third-order valence-corrected chi connectivity index (χ3v) is 6.29. The zero-order valence-electron chi connectivity index (χ0n) is 22.5. The molecule has 0 radical (unpaired) electrons. The molecule has 0 saturated carbocycles. The van der Waals surface area contributed by atoms with Gasteiger partial charge in [0.15, 0.2) is 0 Å². The normalized spacial score (nSPS) is 11.6. The summed E-state index contributed by atoms with van der Waals surface area (Å²) in [7, 11) is 4.73. The Hall–Kier alpha value is -1.94. The van der Waals surface area contributed by atoms with Crippen LogP contribution in [0.15, 0.2) is 54.6 Å². The van der Waals surface area contributed by atoms with Gasteiger partial charge in [0.1, 0.15) is 6.54 Å². The van der Waals surface area contributed by atoms with Gasteiger partial charge in [0, 0.05) is 25.2 Å². The lowest BCUT2D eigenvalue weighted by Gasteiger charge is -2.33. The monoisotopic (exact) mass is 522 g/mol. The van der Waals surface area contributed by atoms with Gasteiger partial charge in [0.05, 0.1) is 20.6 Å². The molecule has 0 fully saturated rings. The van der Waals surface area contributed by atoms with Crippen molar-refractivity contribution in [2.45, 2.75) is 61.2 Å². The van der Waals surface area contributed by atoms with E-state index >= 15 is 0 Å². The highest BCUT2D eigenvalue weighted by molar-refractivity contribution is 5.30. The van der Waals surface area contributed by atoms with E-state index < -0.39 is 0 Å². The van der Waals surface area contributed by atoms with Crippen LogP contribution in [0.2, 0.25) is 0 Å². The fraction of sp³-hybridized carbons (Fsp3) is 0.419. The van der Waals surface area contributed by atoms with Crippen molar-refractivity contribution in [2.75, 3.05) is 27.2 Å². The van der Waals surface area contributed by atoms with Crippen molar-refractivity contribution in [3.05, 3.63) is 105 Å². The lowest BCUT2D eigenvalue weighted by atomic mass is 10.0. The molecule has 34 heavy (non-hydrogen) atoms. The summed E-state index contributed by atoms with van der Waals surface area (Å²) < 4.78 is 0.985. The standard InChI is InChI=1S/C31H43N2.BrH/c1-23-11-24(2)15-29(14-23)20-32(21-30-16-25(3)12-26(4)17-30)9-10-33(7,8)22-31-18-27(5)13-28(6)19-31;/h11-19H,9-10,20-22H2,1-8H3;1H/q+1;/p-1. The molecule has 0 amide bonds. The average Bonchev–Trinajstić information content (AvgIpc) is 2.63. The van der Waals surface area contributed by atoms with Crippen LogP contribution in [0.4, 0.5) is 0 Å². The molecular weight excluding hydrogens is 480 g/mol. The van der Waals surface area contributed by atoms with Gasteiger partial charge in [-0.25, -0.2) is 0 Å². The predicted molar refractivity (Wildman–Crippen MR) is 143 cm³/mol. The van der Waals surface area contributed by atoms with Crippen LogP contribution in [0, 0.1) is 41.5 Å². The van der Waals surface area contributed by atoms with E-state index in [1.54, 1.807) is 0 Å². The Balaban J connectivity index is 0.00000408. The zero-order valence-corrected chi connectivity index (χ0v) is 24.1. The number of nitrogens with zero attached hydrogens (tertiary/aromatic N) is 2. The first-order valence-electron chi connectivity index (χ1n) is 12.2. The molecule has 0 heterocycles. The van der Waals surface area contributed by atoms with Gasteiger partial charge in [-0.1, -0.05) is 88.0 Å². The SMILES string of the molecule is Cc1cc(C)cc(CN(CC[N+](C)(C)Cc2cc(C)cc(C)c2)Cc2cc(C)cc(C)c2)c1.[Br-]. The highest BCUT2D eigenvalue weighted by Crippen LogP contribution is 2.18. The Bertz CT molecular complexity index is 986. The van der Waals surface area contributed by atoms with Crippen molar-refractivity contribution in [2.24, 2.45) is 0 Å². The highest BCUT2D eigenvalue weighted by atomic mass is 79.9. The molecular formula is C31H43BrN2. The van der Waals surface area contributed by atoms with Gasteiger partial charge in [0.2, 0.25) is 0 Å². The fourth-order valence-corrected chi connectivity index (χ4v) is 5.20. The fourth-order valence-electron chi connectivity index (χ4n) is 5.20. The quantitative estimate of drug-likeness (QED) is 0.386. The molecule has 0 bridgehead atoms. The zero-order chi connectivity index (χ0) is 24.2. The maximum absolute atomic E-state index is 2.63. The molecule has 184 valence electrons. The first-order valence-corrected chi connectivity index (χ1v) is 12.2. The maximum atomic E-state index is 2.63. The Morgan fingerprint density at radius 3 is 1.21 bits per heavy atom. The van der Waals surface area contributed by atoms with Crippen molar-refractivity contribution in [3.8, 4) is 0 Å². The van der Waals surface area contributed by atoms with E-state index in [1.807, 2.05) is 0 Å². The summed E-state index contributed by atoms with van der Waals surface area (Å²) in [6, 6.07) is 20.9. The van der Waals surface area contributed by atoms with Crippen LogP contribution in [-0.4, -0.2) is 36.6 Å². The molecule has 0 spiro atoms. The minimum absolute atomic E-state index is 0. The van der Waals surface area contributed by atoms with E-state index in [4.69, 9.17) is 0 Å². The molecule has 0 unspecified atom stereocenters. The summed E-state index contributed by atoms with van der Waals surface area (Å²) in [6.07, 6.45) is 0. The Labute approximate surface area is 219 Å². The number of aryl methyl sites for hydroxylation is 6. The van der Waals surface area contributed by atoms with Crippen LogP contribution in [0.3, 0.4) is 0 Å². The summed E-state index contributed by atoms with van der Waals surface area (Å²) in [6.45, 7) is 18.4. The molecule has 2 nitrogen and oxygen atoms in total. The van der Waals surface area contributed by atoms with E-state index in [0.29, 0.717) is 0 Å². The number of quaternary nitrogens is 1. The Morgan fingerprint density at radius 2 is 0.853 bits per heavy atom. The van der Waals surface area contributed by atoms with Crippen molar-refractivity contribution < 1.29 is 21.5 Å². The number of likely N-dealkylation sites (N-methyl/N-ethyl adjacent to an activating group) is 1. The smallest absolute Gasteiger partial charge is 0.104 e. The maximum Gasteiger partial charge on any atom is 0.104 e. The molecule has 3 aromatic carbocycles. The summed E-state index contributed by atoms with van der Waals surface area (Å²) in [5, 5.41) is 0. The first kappa shape index (κ1) is 28.3. The third-order valence-electron chi connectivity index (χ3n) is 6.29. The predicted octanol–water partition coefficient (Wildman–Crippen LogP) is 3.82. The summed E-state index contributed by atoms with van der Waals surface area (Å²) in [5.41, 5.74) is 12.4. The van der Waals surface area contributed by atoms with E-state index in [-0.39, 0.29) is 17.0 Å². The van der Waals surface area contributed by atoms with Crippen molar-refractivity contribution in [1.29, 1.82) is 0 Å². The molecule has 0 atom stereocenters. The molecule has 3 heteroatoms. The summed E-state index contributed by atoms with van der Waals surface area (Å²) in [4.78, 5) is 2.63. The van der Waals surface area contributed by atoms with Gasteiger partial charge in [-0.3, -0.25) is 4.90 Å². The molecule has 0 N–H and O–H groups in total. The minimum atomic E-state index is 0. The van der Waals surface area contributed by atoms with Gasteiger partial charge in [-0.05, 0) is 52.7 Å². The van der Waals surface area contributed by atoms with E-state index in [2.05, 4.69) is 115 Å². The lowest BCUT2D eigenvalue weighted by molar-refractivity contribution is -0.903. The lowest BCUT2D eigenvalue weighted by Crippen LogP contribution is -3.00. The second kappa shape index (κ2) is 12.2. The first-order chi connectivity index (χ1) is 15.5. The molecule has 3 aromatic rings. The average molecular weight is 524 g/mol. The molecule has 0 aliphatic heterocycles. The van der Waals surface area contributed by atoms with Gasteiger partial charge in [0.25, 0.3) is 0 Å². The minimum Gasteiger partial charge on any atom is -1.00 e. The molecule has 3 rings (SSSR count).